The van der Waals surface area contributed by atoms with Crippen LogP contribution in [-0.2, 0) is 18.3 Å². The first kappa shape index (κ1) is 16.5. The van der Waals surface area contributed by atoms with Gasteiger partial charge < -0.3 is 9.88 Å². The Bertz CT molecular complexity index is 1030. The predicted octanol–water partition coefficient (Wildman–Crippen LogP) is 4.87. The molecule has 4 aromatic rings. The highest BCUT2D eigenvalue weighted by Gasteiger charge is 2.10. The maximum atomic E-state index is 12.1. The molecule has 0 aliphatic rings. The van der Waals surface area contributed by atoms with E-state index in [2.05, 4.69) is 22.0 Å². The third kappa shape index (κ3) is 3.39. The molecule has 0 saturated heterocycles. The third-order valence-corrected chi connectivity index (χ3v) is 5.33. The van der Waals surface area contributed by atoms with Gasteiger partial charge in [-0.05, 0) is 54.3 Å². The lowest BCUT2D eigenvalue weighted by molar-refractivity contribution is -0.116. The number of carbonyl (C=O) groups excluding carboxylic acids is 1. The molecule has 5 heteroatoms. The van der Waals surface area contributed by atoms with E-state index in [9.17, 15) is 4.79 Å². The van der Waals surface area contributed by atoms with Gasteiger partial charge in [-0.3, -0.25) is 4.79 Å². The SMILES string of the molecule is Cn1c(-c2ccc(NC(=O)CCc3cccs3)cc2)nc2ccccc21. The highest BCUT2D eigenvalue weighted by Crippen LogP contribution is 2.24. The van der Waals surface area contributed by atoms with Crippen molar-refractivity contribution in [2.45, 2.75) is 12.8 Å². The van der Waals surface area contributed by atoms with Crippen LogP contribution in [-0.4, -0.2) is 15.5 Å². The average molecular weight is 361 g/mol. The Morgan fingerprint density at radius 3 is 2.62 bits per heavy atom. The highest BCUT2D eigenvalue weighted by molar-refractivity contribution is 7.09. The smallest absolute Gasteiger partial charge is 0.224 e. The summed E-state index contributed by atoms with van der Waals surface area (Å²) in [4.78, 5) is 18.1. The van der Waals surface area contributed by atoms with E-state index in [1.807, 2.05) is 61.0 Å². The molecule has 0 atom stereocenters. The number of nitrogens with zero attached hydrogens (tertiary/aromatic N) is 2. The second kappa shape index (κ2) is 7.14. The van der Waals surface area contributed by atoms with Crippen LogP contribution in [0.25, 0.3) is 22.4 Å². The van der Waals surface area contributed by atoms with E-state index in [1.165, 1.54) is 4.88 Å². The molecule has 4 rings (SSSR count). The first-order valence-corrected chi connectivity index (χ1v) is 9.43. The second-order valence-electron chi connectivity index (χ2n) is 6.19. The Kier molecular flexibility index (Phi) is 4.54. The molecule has 4 nitrogen and oxygen atoms in total. The number of aromatic nitrogens is 2. The van der Waals surface area contributed by atoms with Crippen LogP contribution in [0.4, 0.5) is 5.69 Å². The summed E-state index contributed by atoms with van der Waals surface area (Å²) in [5, 5.41) is 5.00. The fourth-order valence-electron chi connectivity index (χ4n) is 3.02. The maximum Gasteiger partial charge on any atom is 0.224 e. The Balaban J connectivity index is 1.46. The van der Waals surface area contributed by atoms with Crippen molar-refractivity contribution < 1.29 is 4.79 Å². The van der Waals surface area contributed by atoms with Gasteiger partial charge in [0.15, 0.2) is 0 Å². The van der Waals surface area contributed by atoms with Crippen molar-refractivity contribution in [2.75, 3.05) is 5.32 Å². The molecule has 0 unspecified atom stereocenters. The molecule has 0 aliphatic carbocycles. The number of benzene rings is 2. The summed E-state index contributed by atoms with van der Waals surface area (Å²) in [5.41, 5.74) is 3.92. The number of amides is 1. The van der Waals surface area contributed by atoms with Gasteiger partial charge >= 0.3 is 0 Å². The number of nitrogens with one attached hydrogen (secondary N) is 1. The molecule has 0 bridgehead atoms. The molecule has 0 fully saturated rings. The van der Waals surface area contributed by atoms with Gasteiger partial charge in [0.05, 0.1) is 11.0 Å². The van der Waals surface area contributed by atoms with Crippen molar-refractivity contribution in [3.8, 4) is 11.4 Å². The molecule has 2 heterocycles. The number of para-hydroxylation sites is 2. The molecular weight excluding hydrogens is 342 g/mol. The second-order valence-corrected chi connectivity index (χ2v) is 7.22. The van der Waals surface area contributed by atoms with Gasteiger partial charge in [-0.25, -0.2) is 4.98 Å². The number of aryl methyl sites for hydroxylation is 2. The van der Waals surface area contributed by atoms with Crippen LogP contribution in [0.15, 0.2) is 66.0 Å². The zero-order chi connectivity index (χ0) is 17.9. The summed E-state index contributed by atoms with van der Waals surface area (Å²) in [5.74, 6) is 0.954. The summed E-state index contributed by atoms with van der Waals surface area (Å²) in [6.07, 6.45) is 1.27. The average Bonchev–Trinajstić information content (AvgIpc) is 3.29. The van der Waals surface area contributed by atoms with Crippen molar-refractivity contribution in [1.29, 1.82) is 0 Å². The van der Waals surface area contributed by atoms with Crippen molar-refractivity contribution >= 4 is 34.0 Å². The first-order chi connectivity index (χ1) is 12.7. The molecule has 130 valence electrons. The minimum absolute atomic E-state index is 0.0360. The summed E-state index contributed by atoms with van der Waals surface area (Å²) in [6, 6.07) is 20.0. The van der Waals surface area contributed by atoms with Crippen LogP contribution in [0.3, 0.4) is 0 Å². The lowest BCUT2D eigenvalue weighted by Gasteiger charge is -2.07. The zero-order valence-corrected chi connectivity index (χ0v) is 15.3. The van der Waals surface area contributed by atoms with Gasteiger partial charge in [-0.2, -0.15) is 0 Å². The van der Waals surface area contributed by atoms with Crippen molar-refractivity contribution in [2.24, 2.45) is 7.05 Å². The highest BCUT2D eigenvalue weighted by atomic mass is 32.1. The molecule has 1 N–H and O–H groups in total. The minimum Gasteiger partial charge on any atom is -0.327 e. The first-order valence-electron chi connectivity index (χ1n) is 8.55. The molecule has 0 spiro atoms. The number of fused-ring (bicyclic) bond motifs is 1. The molecule has 0 saturated carbocycles. The van der Waals surface area contributed by atoms with Crippen molar-refractivity contribution in [3.05, 3.63) is 70.9 Å². The molecule has 26 heavy (non-hydrogen) atoms. The fourth-order valence-corrected chi connectivity index (χ4v) is 3.73. The van der Waals surface area contributed by atoms with Crippen LogP contribution >= 0.6 is 11.3 Å². The van der Waals surface area contributed by atoms with E-state index >= 15 is 0 Å². The largest absolute Gasteiger partial charge is 0.327 e. The quantitative estimate of drug-likeness (QED) is 0.551. The summed E-state index contributed by atoms with van der Waals surface area (Å²) < 4.78 is 2.09. The molecule has 2 aromatic heterocycles. The third-order valence-electron chi connectivity index (χ3n) is 4.39. The summed E-state index contributed by atoms with van der Waals surface area (Å²) in [7, 11) is 2.02. The fraction of sp³-hybridized carbons (Fsp3) is 0.143. The standard InChI is InChI=1S/C21H19N3OS/c1-24-19-7-3-2-6-18(19)23-21(24)15-8-10-16(11-9-15)22-20(25)13-12-17-5-4-14-26-17/h2-11,14H,12-13H2,1H3,(H,22,25). The molecule has 2 aromatic carbocycles. The Labute approximate surface area is 156 Å². The van der Waals surface area contributed by atoms with E-state index < -0.39 is 0 Å². The van der Waals surface area contributed by atoms with Crippen LogP contribution in [0, 0.1) is 0 Å². The predicted molar refractivity (Wildman–Crippen MR) is 107 cm³/mol. The number of thiophene rings is 1. The maximum absolute atomic E-state index is 12.1. The molecule has 0 aliphatic heterocycles. The lowest BCUT2D eigenvalue weighted by atomic mass is 10.2. The Morgan fingerprint density at radius 1 is 1.08 bits per heavy atom. The molecular formula is C21H19N3OS. The van der Waals surface area contributed by atoms with Gasteiger partial charge in [-0.15, -0.1) is 11.3 Å². The van der Waals surface area contributed by atoms with Crippen LogP contribution < -0.4 is 5.32 Å². The van der Waals surface area contributed by atoms with Crippen LogP contribution in [0.2, 0.25) is 0 Å². The van der Waals surface area contributed by atoms with Gasteiger partial charge in [0.25, 0.3) is 0 Å². The lowest BCUT2D eigenvalue weighted by Crippen LogP contribution is -2.11. The van der Waals surface area contributed by atoms with Gasteiger partial charge in [-0.1, -0.05) is 18.2 Å². The van der Waals surface area contributed by atoms with E-state index in [4.69, 9.17) is 4.98 Å². The monoisotopic (exact) mass is 361 g/mol. The van der Waals surface area contributed by atoms with Crippen LogP contribution in [0.5, 0.6) is 0 Å². The van der Waals surface area contributed by atoms with Crippen LogP contribution in [0.1, 0.15) is 11.3 Å². The number of imidazole rings is 1. The normalized spacial score (nSPS) is 11.0. The topological polar surface area (TPSA) is 46.9 Å². The number of anilines is 1. The number of hydrogen-bond donors (Lipinski definition) is 1. The van der Waals surface area contributed by atoms with Gasteiger partial charge in [0.1, 0.15) is 5.82 Å². The Morgan fingerprint density at radius 2 is 1.88 bits per heavy atom. The van der Waals surface area contributed by atoms with E-state index in [-0.39, 0.29) is 5.91 Å². The molecule has 0 radical (unpaired) electrons. The van der Waals surface area contributed by atoms with Crippen molar-refractivity contribution in [3.63, 3.8) is 0 Å². The van der Waals surface area contributed by atoms with E-state index in [0.29, 0.717) is 6.42 Å². The zero-order valence-electron chi connectivity index (χ0n) is 14.5. The minimum atomic E-state index is 0.0360. The number of hydrogen-bond acceptors (Lipinski definition) is 3. The van der Waals surface area contributed by atoms with E-state index in [0.717, 1.165) is 34.5 Å². The van der Waals surface area contributed by atoms with Crippen molar-refractivity contribution in [1.82, 2.24) is 9.55 Å². The summed E-state index contributed by atoms with van der Waals surface area (Å²) >= 11 is 1.68. The van der Waals surface area contributed by atoms with Gasteiger partial charge in [0.2, 0.25) is 5.91 Å². The molecule has 1 amide bonds. The summed E-state index contributed by atoms with van der Waals surface area (Å²) in [6.45, 7) is 0. The van der Waals surface area contributed by atoms with E-state index in [1.54, 1.807) is 11.3 Å². The Hall–Kier alpha value is -2.92. The number of rotatable bonds is 5. The number of carbonyl (C=O) groups is 1. The van der Waals surface area contributed by atoms with Gasteiger partial charge in [0, 0.05) is 29.6 Å².